The highest BCUT2D eigenvalue weighted by Gasteiger charge is 2.16. The van der Waals surface area contributed by atoms with Gasteiger partial charge in [-0.2, -0.15) is 11.8 Å². The third-order valence-corrected chi connectivity index (χ3v) is 3.87. The maximum Gasteiger partial charge on any atom is 0.0642 e. The minimum atomic E-state index is 0.555. The first-order valence-corrected chi connectivity index (χ1v) is 6.66. The summed E-state index contributed by atoms with van der Waals surface area (Å²) in [4.78, 5) is 2.35. The summed E-state index contributed by atoms with van der Waals surface area (Å²) in [6, 6.07) is 5.97. The highest BCUT2D eigenvalue weighted by atomic mass is 35.5. The van der Waals surface area contributed by atoms with Crippen molar-refractivity contribution in [2.75, 3.05) is 29.5 Å². The van der Waals surface area contributed by atoms with Crippen molar-refractivity contribution in [1.82, 2.24) is 0 Å². The molecule has 2 rings (SSSR count). The zero-order chi connectivity index (χ0) is 10.7. The van der Waals surface area contributed by atoms with Crippen molar-refractivity contribution < 1.29 is 0 Å². The van der Waals surface area contributed by atoms with Gasteiger partial charge in [0, 0.05) is 31.1 Å². The van der Waals surface area contributed by atoms with Gasteiger partial charge in [-0.3, -0.25) is 0 Å². The smallest absolute Gasteiger partial charge is 0.0642 e. The molecular formula is C11H15ClN2S. The number of thioether (sulfide) groups is 1. The van der Waals surface area contributed by atoms with E-state index in [1.807, 2.05) is 23.9 Å². The first kappa shape index (κ1) is 11.1. The molecule has 2 nitrogen and oxygen atoms in total. The fourth-order valence-electron chi connectivity index (χ4n) is 1.87. The van der Waals surface area contributed by atoms with Crippen molar-refractivity contribution in [3.8, 4) is 0 Å². The molecule has 4 heteroatoms. The van der Waals surface area contributed by atoms with Crippen molar-refractivity contribution in [3.63, 3.8) is 0 Å². The molecule has 82 valence electrons. The SMILES string of the molecule is NCc1cccc(Cl)c1N1CCSCC1. The fourth-order valence-corrected chi connectivity index (χ4v) is 3.08. The summed E-state index contributed by atoms with van der Waals surface area (Å²) in [5.74, 6) is 2.35. The number of hydrogen-bond acceptors (Lipinski definition) is 3. The molecule has 0 atom stereocenters. The zero-order valence-electron chi connectivity index (χ0n) is 8.58. The minimum Gasteiger partial charge on any atom is -0.368 e. The normalized spacial score (nSPS) is 16.8. The summed E-state index contributed by atoms with van der Waals surface area (Å²) in [7, 11) is 0. The van der Waals surface area contributed by atoms with Crippen molar-refractivity contribution >= 4 is 29.1 Å². The molecular weight excluding hydrogens is 228 g/mol. The average Bonchev–Trinajstić information content (AvgIpc) is 2.29. The number of para-hydroxylation sites is 1. The molecule has 0 amide bonds. The molecule has 2 N–H and O–H groups in total. The maximum atomic E-state index is 6.24. The van der Waals surface area contributed by atoms with Crippen LogP contribution in [0.1, 0.15) is 5.56 Å². The van der Waals surface area contributed by atoms with E-state index in [-0.39, 0.29) is 0 Å². The van der Waals surface area contributed by atoms with E-state index in [1.54, 1.807) is 0 Å². The molecule has 1 aliphatic heterocycles. The van der Waals surface area contributed by atoms with Crippen LogP contribution in [0.5, 0.6) is 0 Å². The number of nitrogens with two attached hydrogens (primary N) is 1. The molecule has 1 aromatic carbocycles. The Labute approximate surface area is 99.8 Å². The number of nitrogens with zero attached hydrogens (tertiary/aromatic N) is 1. The van der Waals surface area contributed by atoms with Gasteiger partial charge in [0.25, 0.3) is 0 Å². The maximum absolute atomic E-state index is 6.24. The van der Waals surface area contributed by atoms with E-state index < -0.39 is 0 Å². The van der Waals surface area contributed by atoms with Crippen LogP contribution in [0.15, 0.2) is 18.2 Å². The summed E-state index contributed by atoms with van der Waals surface area (Å²) < 4.78 is 0. The van der Waals surface area contributed by atoms with Gasteiger partial charge in [-0.15, -0.1) is 0 Å². The molecule has 0 bridgehead atoms. The van der Waals surface area contributed by atoms with Crippen molar-refractivity contribution in [1.29, 1.82) is 0 Å². The number of halogens is 1. The number of rotatable bonds is 2. The van der Waals surface area contributed by atoms with Crippen LogP contribution in [-0.4, -0.2) is 24.6 Å². The molecule has 1 aromatic rings. The fraction of sp³-hybridized carbons (Fsp3) is 0.455. The van der Waals surface area contributed by atoms with Gasteiger partial charge in [0.15, 0.2) is 0 Å². The molecule has 1 aliphatic rings. The Hall–Kier alpha value is -0.380. The lowest BCUT2D eigenvalue weighted by atomic mass is 10.1. The number of hydrogen-bond donors (Lipinski definition) is 1. The van der Waals surface area contributed by atoms with Crippen LogP contribution < -0.4 is 10.6 Å². The van der Waals surface area contributed by atoms with E-state index in [0.29, 0.717) is 6.54 Å². The van der Waals surface area contributed by atoms with Crippen LogP contribution in [0.3, 0.4) is 0 Å². The Balaban J connectivity index is 2.31. The van der Waals surface area contributed by atoms with E-state index >= 15 is 0 Å². The Morgan fingerprint density at radius 2 is 2.07 bits per heavy atom. The Morgan fingerprint density at radius 3 is 2.73 bits per heavy atom. The van der Waals surface area contributed by atoms with E-state index in [2.05, 4.69) is 11.0 Å². The summed E-state index contributed by atoms with van der Waals surface area (Å²) in [5, 5.41) is 0.824. The van der Waals surface area contributed by atoms with E-state index in [0.717, 1.165) is 29.4 Å². The standard InChI is InChI=1S/C11H15ClN2S/c12-10-3-1-2-9(8-13)11(10)14-4-6-15-7-5-14/h1-3H,4-8,13H2. The Kier molecular flexibility index (Phi) is 3.78. The van der Waals surface area contributed by atoms with Gasteiger partial charge in [-0.1, -0.05) is 23.7 Å². The van der Waals surface area contributed by atoms with Gasteiger partial charge in [-0.05, 0) is 11.6 Å². The lowest BCUT2D eigenvalue weighted by molar-refractivity contribution is 0.847. The summed E-state index contributed by atoms with van der Waals surface area (Å²) in [6.07, 6.45) is 0. The summed E-state index contributed by atoms with van der Waals surface area (Å²) in [6.45, 7) is 2.70. The average molecular weight is 243 g/mol. The largest absolute Gasteiger partial charge is 0.368 e. The highest BCUT2D eigenvalue weighted by Crippen LogP contribution is 2.31. The number of anilines is 1. The van der Waals surface area contributed by atoms with Crippen LogP contribution in [-0.2, 0) is 6.54 Å². The van der Waals surface area contributed by atoms with Crippen LogP contribution in [0.25, 0.3) is 0 Å². The molecule has 1 heterocycles. The Bertz CT molecular complexity index is 337. The lowest BCUT2D eigenvalue weighted by Crippen LogP contribution is -2.33. The second-order valence-corrected chi connectivity index (χ2v) is 5.18. The van der Waals surface area contributed by atoms with E-state index in [1.165, 1.54) is 11.5 Å². The van der Waals surface area contributed by atoms with Crippen LogP contribution in [0.2, 0.25) is 5.02 Å². The molecule has 1 saturated heterocycles. The highest BCUT2D eigenvalue weighted by molar-refractivity contribution is 7.99. The molecule has 0 unspecified atom stereocenters. The van der Waals surface area contributed by atoms with Crippen LogP contribution in [0.4, 0.5) is 5.69 Å². The minimum absolute atomic E-state index is 0.555. The predicted octanol–water partition coefficient (Wildman–Crippen LogP) is 2.35. The van der Waals surface area contributed by atoms with Crippen LogP contribution in [0, 0.1) is 0 Å². The monoisotopic (exact) mass is 242 g/mol. The summed E-state index contributed by atoms with van der Waals surface area (Å²) >= 11 is 8.23. The number of benzene rings is 1. The van der Waals surface area contributed by atoms with Gasteiger partial charge in [0.05, 0.1) is 10.7 Å². The molecule has 0 radical (unpaired) electrons. The topological polar surface area (TPSA) is 29.3 Å². The van der Waals surface area contributed by atoms with Gasteiger partial charge in [0.2, 0.25) is 0 Å². The summed E-state index contributed by atoms with van der Waals surface area (Å²) in [5.41, 5.74) is 8.02. The Morgan fingerprint density at radius 1 is 1.33 bits per heavy atom. The predicted molar refractivity (Wildman–Crippen MR) is 68.9 cm³/mol. The molecule has 0 saturated carbocycles. The second kappa shape index (κ2) is 5.10. The van der Waals surface area contributed by atoms with Crippen molar-refractivity contribution in [2.45, 2.75) is 6.54 Å². The molecule has 15 heavy (non-hydrogen) atoms. The first-order valence-electron chi connectivity index (χ1n) is 5.13. The van der Waals surface area contributed by atoms with E-state index in [9.17, 15) is 0 Å². The molecule has 0 aromatic heterocycles. The lowest BCUT2D eigenvalue weighted by Gasteiger charge is -2.31. The molecule has 0 aliphatic carbocycles. The van der Waals surface area contributed by atoms with Gasteiger partial charge in [-0.25, -0.2) is 0 Å². The van der Waals surface area contributed by atoms with Crippen LogP contribution >= 0.6 is 23.4 Å². The third kappa shape index (κ3) is 2.41. The quantitative estimate of drug-likeness (QED) is 0.864. The van der Waals surface area contributed by atoms with Gasteiger partial charge < -0.3 is 10.6 Å². The van der Waals surface area contributed by atoms with Crippen molar-refractivity contribution in [2.24, 2.45) is 5.73 Å². The second-order valence-electron chi connectivity index (χ2n) is 3.55. The zero-order valence-corrected chi connectivity index (χ0v) is 10.2. The van der Waals surface area contributed by atoms with Gasteiger partial charge in [0.1, 0.15) is 0 Å². The molecule has 1 fully saturated rings. The van der Waals surface area contributed by atoms with E-state index in [4.69, 9.17) is 17.3 Å². The van der Waals surface area contributed by atoms with Gasteiger partial charge >= 0.3 is 0 Å². The first-order chi connectivity index (χ1) is 7.33. The third-order valence-electron chi connectivity index (χ3n) is 2.62. The van der Waals surface area contributed by atoms with Crippen molar-refractivity contribution in [3.05, 3.63) is 28.8 Å². The molecule has 0 spiro atoms.